The van der Waals surface area contributed by atoms with E-state index in [4.69, 9.17) is 0 Å². The lowest BCUT2D eigenvalue weighted by atomic mass is 9.85. The van der Waals surface area contributed by atoms with E-state index in [0.29, 0.717) is 5.92 Å². The molecular formula is C18H20BrNO3. The summed E-state index contributed by atoms with van der Waals surface area (Å²) in [5.74, 6) is 0.789. The van der Waals surface area contributed by atoms with Gasteiger partial charge in [0.15, 0.2) is 11.5 Å². The Balaban J connectivity index is 0.00000156. The molecule has 2 aromatic rings. The molecule has 0 unspecified atom stereocenters. The van der Waals surface area contributed by atoms with Gasteiger partial charge in [0.25, 0.3) is 0 Å². The van der Waals surface area contributed by atoms with Crippen LogP contribution in [0.4, 0.5) is 0 Å². The number of rotatable bonds is 1. The van der Waals surface area contributed by atoms with Gasteiger partial charge < -0.3 is 20.6 Å². The van der Waals surface area contributed by atoms with Crippen molar-refractivity contribution in [1.29, 1.82) is 0 Å². The van der Waals surface area contributed by atoms with Gasteiger partial charge in [-0.2, -0.15) is 0 Å². The fraction of sp³-hybridized carbons (Fsp3) is 0.333. The van der Waals surface area contributed by atoms with Gasteiger partial charge in [0, 0.05) is 24.6 Å². The van der Waals surface area contributed by atoms with E-state index in [2.05, 4.69) is 5.32 Å². The van der Waals surface area contributed by atoms with Crippen molar-refractivity contribution >= 4 is 17.0 Å². The van der Waals surface area contributed by atoms with E-state index in [9.17, 15) is 15.3 Å². The Morgan fingerprint density at radius 3 is 2.48 bits per heavy atom. The Morgan fingerprint density at radius 1 is 1.00 bits per heavy atom. The van der Waals surface area contributed by atoms with Crippen LogP contribution in [0.1, 0.15) is 40.5 Å². The molecule has 122 valence electrons. The molecule has 2 aliphatic rings. The number of halogens is 1. The first-order chi connectivity index (χ1) is 10.6. The van der Waals surface area contributed by atoms with Crippen molar-refractivity contribution in [1.82, 2.24) is 5.32 Å². The molecule has 0 saturated carbocycles. The van der Waals surface area contributed by atoms with Gasteiger partial charge >= 0.3 is 0 Å². The summed E-state index contributed by atoms with van der Waals surface area (Å²) < 4.78 is 0. The highest BCUT2D eigenvalue weighted by atomic mass is 79.9. The van der Waals surface area contributed by atoms with Crippen LogP contribution in [-0.2, 0) is 6.42 Å². The Bertz CT molecular complexity index is 730. The molecule has 0 spiro atoms. The number of aromatic hydroxyl groups is 3. The van der Waals surface area contributed by atoms with Gasteiger partial charge in [0.05, 0.1) is 0 Å². The number of phenolic OH excluding ortho intramolecular Hbond substituents is 3. The van der Waals surface area contributed by atoms with Crippen molar-refractivity contribution in [3.63, 3.8) is 0 Å². The van der Waals surface area contributed by atoms with Crippen molar-refractivity contribution in [2.24, 2.45) is 0 Å². The van der Waals surface area contributed by atoms with E-state index < -0.39 is 0 Å². The molecule has 5 heteroatoms. The lowest BCUT2D eigenvalue weighted by Gasteiger charge is -2.20. The van der Waals surface area contributed by atoms with Crippen molar-refractivity contribution in [2.45, 2.75) is 24.7 Å². The van der Waals surface area contributed by atoms with Crippen molar-refractivity contribution in [2.75, 3.05) is 13.1 Å². The highest BCUT2D eigenvalue weighted by molar-refractivity contribution is 8.93. The Labute approximate surface area is 145 Å². The van der Waals surface area contributed by atoms with Gasteiger partial charge in [0.1, 0.15) is 5.75 Å². The minimum atomic E-state index is -0.0277. The number of nitrogens with one attached hydrogen (secondary N) is 1. The zero-order valence-electron chi connectivity index (χ0n) is 12.6. The molecule has 0 saturated heterocycles. The molecule has 0 fully saturated rings. The molecule has 4 rings (SSSR count). The number of phenols is 3. The van der Waals surface area contributed by atoms with Crippen LogP contribution in [0.3, 0.4) is 0 Å². The second kappa shape index (κ2) is 6.06. The van der Waals surface area contributed by atoms with E-state index >= 15 is 0 Å². The largest absolute Gasteiger partial charge is 0.508 e. The fourth-order valence-corrected chi connectivity index (χ4v) is 3.96. The summed E-state index contributed by atoms with van der Waals surface area (Å²) in [6, 6.07) is 8.95. The van der Waals surface area contributed by atoms with E-state index in [1.165, 1.54) is 5.56 Å². The predicted molar refractivity (Wildman–Crippen MR) is 94.0 cm³/mol. The summed E-state index contributed by atoms with van der Waals surface area (Å²) >= 11 is 0. The maximum absolute atomic E-state index is 10.2. The van der Waals surface area contributed by atoms with Crippen LogP contribution in [0.2, 0.25) is 0 Å². The van der Waals surface area contributed by atoms with Gasteiger partial charge in [-0.1, -0.05) is 12.1 Å². The normalized spacial score (nSPS) is 22.1. The maximum atomic E-state index is 10.2. The number of hydrogen-bond acceptors (Lipinski definition) is 4. The van der Waals surface area contributed by atoms with Crippen LogP contribution in [0.5, 0.6) is 17.2 Å². The quantitative estimate of drug-likeness (QED) is 0.576. The molecule has 0 bridgehead atoms. The summed E-state index contributed by atoms with van der Waals surface area (Å²) in [5, 5.41) is 33.3. The Morgan fingerprint density at radius 2 is 1.74 bits per heavy atom. The highest BCUT2D eigenvalue weighted by Crippen LogP contribution is 2.48. The molecule has 0 aromatic heterocycles. The van der Waals surface area contributed by atoms with Gasteiger partial charge in [-0.05, 0) is 53.6 Å². The molecule has 1 aliphatic heterocycles. The highest BCUT2D eigenvalue weighted by Gasteiger charge is 2.34. The maximum Gasteiger partial charge on any atom is 0.160 e. The number of benzene rings is 2. The molecule has 1 aliphatic carbocycles. The topological polar surface area (TPSA) is 72.7 Å². The van der Waals surface area contributed by atoms with Crippen LogP contribution in [0.25, 0.3) is 0 Å². The van der Waals surface area contributed by atoms with Crippen LogP contribution in [0.15, 0.2) is 30.3 Å². The predicted octanol–water partition coefficient (Wildman–Crippen LogP) is 3.15. The first-order valence-corrected chi connectivity index (χ1v) is 7.72. The summed E-state index contributed by atoms with van der Waals surface area (Å²) in [6.45, 7) is 1.69. The summed E-state index contributed by atoms with van der Waals surface area (Å²) in [6.07, 6.45) is 1.83. The van der Waals surface area contributed by atoms with Crippen molar-refractivity contribution < 1.29 is 15.3 Å². The molecular weight excluding hydrogens is 358 g/mol. The molecule has 4 nitrogen and oxygen atoms in total. The van der Waals surface area contributed by atoms with Crippen LogP contribution < -0.4 is 5.32 Å². The van der Waals surface area contributed by atoms with E-state index in [1.54, 1.807) is 18.2 Å². The van der Waals surface area contributed by atoms with Gasteiger partial charge in [-0.15, -0.1) is 17.0 Å². The minimum absolute atomic E-state index is 0. The summed E-state index contributed by atoms with van der Waals surface area (Å²) in [7, 11) is 0. The van der Waals surface area contributed by atoms with E-state index in [1.807, 2.05) is 12.1 Å². The molecule has 0 amide bonds. The summed E-state index contributed by atoms with van der Waals surface area (Å²) in [5.41, 5.74) is 4.32. The summed E-state index contributed by atoms with van der Waals surface area (Å²) in [4.78, 5) is 0. The monoisotopic (exact) mass is 377 g/mol. The Hall–Kier alpha value is -1.72. The van der Waals surface area contributed by atoms with Crippen molar-refractivity contribution in [3.8, 4) is 17.2 Å². The minimum Gasteiger partial charge on any atom is -0.508 e. The third-order valence-corrected chi connectivity index (χ3v) is 5.02. The average Bonchev–Trinajstić information content (AvgIpc) is 2.85. The lowest BCUT2D eigenvalue weighted by molar-refractivity contribution is 0.399. The molecule has 2 atom stereocenters. The molecule has 4 N–H and O–H groups in total. The Kier molecular flexibility index (Phi) is 4.25. The zero-order valence-corrected chi connectivity index (χ0v) is 14.3. The number of hydrogen-bond donors (Lipinski definition) is 4. The average molecular weight is 378 g/mol. The van der Waals surface area contributed by atoms with Crippen LogP contribution >= 0.6 is 17.0 Å². The molecule has 23 heavy (non-hydrogen) atoms. The second-order valence-electron chi connectivity index (χ2n) is 6.26. The van der Waals surface area contributed by atoms with Crippen molar-refractivity contribution in [3.05, 3.63) is 52.6 Å². The van der Waals surface area contributed by atoms with E-state index in [-0.39, 0.29) is 40.1 Å². The lowest BCUT2D eigenvalue weighted by Crippen LogP contribution is -2.22. The second-order valence-corrected chi connectivity index (χ2v) is 6.26. The first-order valence-electron chi connectivity index (χ1n) is 7.72. The first kappa shape index (κ1) is 16.1. The van der Waals surface area contributed by atoms with Gasteiger partial charge in [-0.3, -0.25) is 0 Å². The van der Waals surface area contributed by atoms with E-state index in [0.717, 1.165) is 42.6 Å². The third kappa shape index (κ3) is 2.58. The third-order valence-electron chi connectivity index (χ3n) is 5.02. The zero-order chi connectivity index (χ0) is 15.3. The standard InChI is InChI=1S/C18H19NO3.BrH/c20-12-4-1-10(2-5-12)15-9-19-8-11-3-6-13-17(11)14(15)7-16(21)18(13)22;/h1-2,4-5,7,11,15,19-22H,3,6,8-9H2;1H/t11-,15+;/m1./s1. The van der Waals surface area contributed by atoms with Crippen LogP contribution in [-0.4, -0.2) is 28.4 Å². The molecule has 2 aromatic carbocycles. The SMILES string of the molecule is Br.Oc1ccc([C@@H]2CNC[C@H]3CCc4c(O)c(O)cc2c43)cc1. The molecule has 0 radical (unpaired) electrons. The van der Waals surface area contributed by atoms with Gasteiger partial charge in [0.2, 0.25) is 0 Å². The fourth-order valence-electron chi connectivity index (χ4n) is 3.96. The molecule has 1 heterocycles. The van der Waals surface area contributed by atoms with Crippen LogP contribution in [0, 0.1) is 0 Å². The van der Waals surface area contributed by atoms with Gasteiger partial charge in [-0.25, -0.2) is 0 Å². The smallest absolute Gasteiger partial charge is 0.160 e.